The maximum atomic E-state index is 12.4. The van der Waals surface area contributed by atoms with Gasteiger partial charge in [-0.25, -0.2) is 0 Å². The van der Waals surface area contributed by atoms with Gasteiger partial charge in [-0.3, -0.25) is 25.2 Å². The predicted molar refractivity (Wildman–Crippen MR) is 84.3 cm³/mol. The smallest absolute Gasteiger partial charge is 0.310 e. The molecule has 0 aromatic heterocycles. The standard InChI is InChI=1S/C17H22N2O4/c1-16(2)10-9-12(17(16,3)15(22)23)14(21)19-18-13(20)11-7-5-4-6-8-11/h4-8,12H,9-10H2,1-3H3,(H,18,20)(H,19,21)(H,22,23)/t12-,17+/m0/s1. The van der Waals surface area contributed by atoms with Crippen molar-refractivity contribution in [2.75, 3.05) is 0 Å². The first-order valence-electron chi connectivity index (χ1n) is 7.59. The summed E-state index contributed by atoms with van der Waals surface area (Å²) in [5.41, 5.74) is 3.47. The first-order valence-corrected chi connectivity index (χ1v) is 7.59. The van der Waals surface area contributed by atoms with Crippen molar-refractivity contribution in [3.8, 4) is 0 Å². The van der Waals surface area contributed by atoms with Gasteiger partial charge in [0.1, 0.15) is 0 Å². The number of carbonyl (C=O) groups excluding carboxylic acids is 2. The van der Waals surface area contributed by atoms with Gasteiger partial charge in [0.2, 0.25) is 5.91 Å². The first-order chi connectivity index (χ1) is 10.7. The number of carboxylic acid groups (broad SMARTS) is 1. The Kier molecular flexibility index (Phi) is 4.45. The van der Waals surface area contributed by atoms with Crippen LogP contribution in [-0.4, -0.2) is 22.9 Å². The molecular formula is C17H22N2O4. The monoisotopic (exact) mass is 318 g/mol. The van der Waals surface area contributed by atoms with Crippen molar-refractivity contribution < 1.29 is 19.5 Å². The summed E-state index contributed by atoms with van der Waals surface area (Å²) in [7, 11) is 0. The summed E-state index contributed by atoms with van der Waals surface area (Å²) in [4.78, 5) is 36.1. The van der Waals surface area contributed by atoms with E-state index in [9.17, 15) is 19.5 Å². The molecule has 1 aromatic rings. The van der Waals surface area contributed by atoms with E-state index in [1.165, 1.54) is 0 Å². The van der Waals surface area contributed by atoms with Crippen molar-refractivity contribution in [1.82, 2.24) is 10.9 Å². The lowest BCUT2D eigenvalue weighted by atomic mass is 9.65. The molecular weight excluding hydrogens is 296 g/mol. The molecule has 1 fully saturated rings. The molecule has 0 radical (unpaired) electrons. The number of nitrogens with one attached hydrogen (secondary N) is 2. The van der Waals surface area contributed by atoms with Gasteiger partial charge in [0.15, 0.2) is 0 Å². The summed E-state index contributed by atoms with van der Waals surface area (Å²) < 4.78 is 0. The van der Waals surface area contributed by atoms with Gasteiger partial charge < -0.3 is 5.11 Å². The molecule has 0 unspecified atom stereocenters. The Labute approximate surface area is 135 Å². The molecule has 6 nitrogen and oxygen atoms in total. The molecule has 6 heteroatoms. The summed E-state index contributed by atoms with van der Waals surface area (Å²) in [6, 6.07) is 8.48. The van der Waals surface area contributed by atoms with Crippen molar-refractivity contribution in [3.63, 3.8) is 0 Å². The summed E-state index contributed by atoms with van der Waals surface area (Å²) in [5, 5.41) is 9.62. The fraction of sp³-hybridized carbons (Fsp3) is 0.471. The predicted octanol–water partition coefficient (Wildman–Crippen LogP) is 1.97. The zero-order valence-corrected chi connectivity index (χ0v) is 13.6. The van der Waals surface area contributed by atoms with Crippen molar-refractivity contribution in [2.45, 2.75) is 33.6 Å². The third-order valence-corrected chi connectivity index (χ3v) is 5.26. The van der Waals surface area contributed by atoms with Gasteiger partial charge in [-0.1, -0.05) is 32.0 Å². The van der Waals surface area contributed by atoms with Crippen molar-refractivity contribution in [2.24, 2.45) is 16.7 Å². The second-order valence-corrected chi connectivity index (χ2v) is 6.79. The van der Waals surface area contributed by atoms with E-state index in [2.05, 4.69) is 10.9 Å². The minimum atomic E-state index is -1.17. The number of hydrogen-bond acceptors (Lipinski definition) is 3. The lowest BCUT2D eigenvalue weighted by Crippen LogP contribution is -2.51. The van der Waals surface area contributed by atoms with E-state index in [1.807, 2.05) is 13.8 Å². The van der Waals surface area contributed by atoms with E-state index in [0.29, 0.717) is 18.4 Å². The highest BCUT2D eigenvalue weighted by atomic mass is 16.4. The van der Waals surface area contributed by atoms with E-state index in [-0.39, 0.29) is 0 Å². The maximum absolute atomic E-state index is 12.4. The van der Waals surface area contributed by atoms with E-state index in [0.717, 1.165) is 0 Å². The number of carboxylic acids is 1. The molecule has 124 valence electrons. The Morgan fingerprint density at radius 1 is 1.09 bits per heavy atom. The molecule has 2 amide bonds. The van der Waals surface area contributed by atoms with Gasteiger partial charge in [-0.15, -0.1) is 0 Å². The molecule has 1 aliphatic carbocycles. The highest BCUT2D eigenvalue weighted by Gasteiger charge is 2.59. The highest BCUT2D eigenvalue weighted by molar-refractivity contribution is 5.96. The molecule has 2 atom stereocenters. The average Bonchev–Trinajstić information content (AvgIpc) is 2.77. The third-order valence-electron chi connectivity index (χ3n) is 5.26. The van der Waals surface area contributed by atoms with E-state index in [4.69, 9.17) is 0 Å². The molecule has 0 spiro atoms. The number of carbonyl (C=O) groups is 3. The third kappa shape index (κ3) is 2.93. The summed E-state index contributed by atoms with van der Waals surface area (Å²) in [6.07, 6.45) is 1.11. The average molecular weight is 318 g/mol. The number of hydrazine groups is 1. The molecule has 23 heavy (non-hydrogen) atoms. The van der Waals surface area contributed by atoms with Gasteiger partial charge in [-0.2, -0.15) is 0 Å². The maximum Gasteiger partial charge on any atom is 0.310 e. The van der Waals surface area contributed by atoms with Crippen LogP contribution < -0.4 is 10.9 Å². The van der Waals surface area contributed by atoms with Crippen LogP contribution in [-0.2, 0) is 9.59 Å². The molecule has 0 aliphatic heterocycles. The number of rotatable bonds is 3. The molecule has 3 N–H and O–H groups in total. The highest BCUT2D eigenvalue weighted by Crippen LogP contribution is 2.56. The van der Waals surface area contributed by atoms with Gasteiger partial charge in [-0.05, 0) is 37.3 Å². The number of aliphatic carboxylic acids is 1. The quantitative estimate of drug-likeness (QED) is 0.743. The van der Waals surface area contributed by atoms with Crippen LogP contribution in [0.3, 0.4) is 0 Å². The van der Waals surface area contributed by atoms with Crippen LogP contribution in [0.4, 0.5) is 0 Å². The number of benzene rings is 1. The molecule has 2 rings (SSSR count). The van der Waals surface area contributed by atoms with Crippen LogP contribution in [0.5, 0.6) is 0 Å². The van der Waals surface area contributed by atoms with Crippen LogP contribution in [0.2, 0.25) is 0 Å². The molecule has 0 heterocycles. The Bertz CT molecular complexity index is 627. The summed E-state index contributed by atoms with van der Waals surface area (Å²) in [5.74, 6) is -2.58. The van der Waals surface area contributed by atoms with Gasteiger partial charge in [0.25, 0.3) is 5.91 Å². The molecule has 1 aromatic carbocycles. The fourth-order valence-corrected chi connectivity index (χ4v) is 3.22. The van der Waals surface area contributed by atoms with E-state index >= 15 is 0 Å². The van der Waals surface area contributed by atoms with Crippen LogP contribution in [0.1, 0.15) is 44.0 Å². The van der Waals surface area contributed by atoms with Crippen molar-refractivity contribution >= 4 is 17.8 Å². The number of amides is 2. The normalized spacial score (nSPS) is 25.6. The molecule has 0 saturated heterocycles. The SMILES string of the molecule is CC1(C)CC[C@@H](C(=O)NNC(=O)c2ccccc2)[C@]1(C)C(=O)O. The zero-order valence-electron chi connectivity index (χ0n) is 13.6. The zero-order chi connectivity index (χ0) is 17.3. The Balaban J connectivity index is 2.06. The largest absolute Gasteiger partial charge is 0.481 e. The molecule has 1 aliphatic rings. The van der Waals surface area contributed by atoms with Crippen molar-refractivity contribution in [3.05, 3.63) is 35.9 Å². The van der Waals surface area contributed by atoms with Crippen LogP contribution in [0, 0.1) is 16.7 Å². The van der Waals surface area contributed by atoms with E-state index < -0.39 is 34.5 Å². The van der Waals surface area contributed by atoms with Gasteiger partial charge in [0, 0.05) is 5.56 Å². The van der Waals surface area contributed by atoms with Crippen LogP contribution in [0.15, 0.2) is 30.3 Å². The van der Waals surface area contributed by atoms with Crippen molar-refractivity contribution in [1.29, 1.82) is 0 Å². The summed E-state index contributed by atoms with van der Waals surface area (Å²) >= 11 is 0. The topological polar surface area (TPSA) is 95.5 Å². The second kappa shape index (κ2) is 6.02. The minimum Gasteiger partial charge on any atom is -0.481 e. The molecule has 1 saturated carbocycles. The lowest BCUT2D eigenvalue weighted by molar-refractivity contribution is -0.160. The van der Waals surface area contributed by atoms with Gasteiger partial charge >= 0.3 is 5.97 Å². The fourth-order valence-electron chi connectivity index (χ4n) is 3.22. The Morgan fingerprint density at radius 3 is 2.26 bits per heavy atom. The van der Waals surface area contributed by atoms with Crippen LogP contribution in [0.25, 0.3) is 0 Å². The second-order valence-electron chi connectivity index (χ2n) is 6.79. The first kappa shape index (κ1) is 17.0. The summed E-state index contributed by atoms with van der Waals surface area (Å²) in [6.45, 7) is 5.32. The van der Waals surface area contributed by atoms with Gasteiger partial charge in [0.05, 0.1) is 11.3 Å². The lowest BCUT2D eigenvalue weighted by Gasteiger charge is -2.37. The Hall–Kier alpha value is -2.37. The minimum absolute atomic E-state index is 0.417. The molecule has 0 bridgehead atoms. The van der Waals surface area contributed by atoms with Crippen LogP contribution >= 0.6 is 0 Å². The Morgan fingerprint density at radius 2 is 1.70 bits per heavy atom. The number of hydrogen-bond donors (Lipinski definition) is 3. The van der Waals surface area contributed by atoms with E-state index in [1.54, 1.807) is 37.3 Å².